The van der Waals surface area contributed by atoms with Gasteiger partial charge in [-0.25, -0.2) is 4.39 Å². The molecule has 1 aromatic carbocycles. The molecule has 2 rings (SSSR count). The maximum Gasteiger partial charge on any atom is 0.249 e. The lowest BCUT2D eigenvalue weighted by atomic mass is 10.1. The molecule has 4 nitrogen and oxygen atoms in total. The zero-order valence-electron chi connectivity index (χ0n) is 11.6. The summed E-state index contributed by atoms with van der Waals surface area (Å²) in [6.07, 6.45) is 0.809. The van der Waals surface area contributed by atoms with E-state index in [0.717, 1.165) is 6.42 Å². The molecular formula is C14H19Cl2FN2O2. The van der Waals surface area contributed by atoms with Gasteiger partial charge in [0.2, 0.25) is 5.91 Å². The Morgan fingerprint density at radius 3 is 2.86 bits per heavy atom. The number of hydrogen-bond acceptors (Lipinski definition) is 3. The third-order valence-electron chi connectivity index (χ3n) is 3.45. The van der Waals surface area contributed by atoms with Crippen LogP contribution in [0.3, 0.4) is 0 Å². The van der Waals surface area contributed by atoms with Gasteiger partial charge in [0.25, 0.3) is 0 Å². The fourth-order valence-electron chi connectivity index (χ4n) is 2.37. The van der Waals surface area contributed by atoms with E-state index in [1.165, 1.54) is 12.1 Å². The summed E-state index contributed by atoms with van der Waals surface area (Å²) in [5.41, 5.74) is 5.79. The zero-order valence-corrected chi connectivity index (χ0v) is 13.2. The van der Waals surface area contributed by atoms with Crippen molar-refractivity contribution in [1.29, 1.82) is 0 Å². The molecule has 7 heteroatoms. The van der Waals surface area contributed by atoms with Gasteiger partial charge in [-0.15, -0.1) is 12.4 Å². The summed E-state index contributed by atoms with van der Waals surface area (Å²) in [7, 11) is 0. The molecule has 1 unspecified atom stereocenters. The quantitative estimate of drug-likeness (QED) is 0.888. The van der Waals surface area contributed by atoms with Crippen molar-refractivity contribution in [2.24, 2.45) is 5.73 Å². The zero-order chi connectivity index (χ0) is 14.7. The third-order valence-corrected chi connectivity index (χ3v) is 3.78. The molecule has 1 aliphatic rings. The predicted molar refractivity (Wildman–Crippen MR) is 82.2 cm³/mol. The maximum atomic E-state index is 13.8. The fourth-order valence-corrected chi connectivity index (χ4v) is 2.70. The second-order valence-electron chi connectivity index (χ2n) is 4.93. The van der Waals surface area contributed by atoms with Crippen molar-refractivity contribution in [2.75, 3.05) is 6.54 Å². The van der Waals surface area contributed by atoms with Crippen LogP contribution in [0, 0.1) is 5.82 Å². The first-order valence-electron chi connectivity index (χ1n) is 6.62. The lowest BCUT2D eigenvalue weighted by Crippen LogP contribution is -2.37. The van der Waals surface area contributed by atoms with Crippen molar-refractivity contribution >= 4 is 29.9 Å². The fraction of sp³-hybridized carbons (Fsp3) is 0.500. The highest BCUT2D eigenvalue weighted by atomic mass is 35.5. The predicted octanol–water partition coefficient (Wildman–Crippen LogP) is 2.58. The maximum absolute atomic E-state index is 13.8. The Balaban J connectivity index is 0.00000220. The van der Waals surface area contributed by atoms with Gasteiger partial charge in [-0.05, 0) is 31.9 Å². The van der Waals surface area contributed by atoms with Crippen molar-refractivity contribution in [3.05, 3.63) is 34.6 Å². The molecule has 1 amide bonds. The van der Waals surface area contributed by atoms with Gasteiger partial charge in [-0.3, -0.25) is 4.79 Å². The van der Waals surface area contributed by atoms with Gasteiger partial charge in [0.1, 0.15) is 11.9 Å². The van der Waals surface area contributed by atoms with E-state index in [0.29, 0.717) is 18.0 Å². The molecule has 21 heavy (non-hydrogen) atoms. The van der Waals surface area contributed by atoms with E-state index in [2.05, 4.69) is 5.32 Å². The van der Waals surface area contributed by atoms with Crippen LogP contribution in [0.25, 0.3) is 0 Å². The van der Waals surface area contributed by atoms with Gasteiger partial charge >= 0.3 is 0 Å². The van der Waals surface area contributed by atoms with E-state index in [1.54, 1.807) is 13.0 Å². The normalized spacial score (nSPS) is 22.5. The SMILES string of the molecule is CC(NC(=O)[C@@H]1CC[C@H](CN)O1)c1c(F)cccc1Cl.Cl. The number of carbonyl (C=O) groups excluding carboxylic acids is 1. The van der Waals surface area contributed by atoms with Crippen LogP contribution >= 0.6 is 24.0 Å². The van der Waals surface area contributed by atoms with Crippen LogP contribution in [0.4, 0.5) is 4.39 Å². The Morgan fingerprint density at radius 2 is 2.29 bits per heavy atom. The van der Waals surface area contributed by atoms with Crippen molar-refractivity contribution < 1.29 is 13.9 Å². The number of amides is 1. The van der Waals surface area contributed by atoms with E-state index in [4.69, 9.17) is 22.1 Å². The molecule has 1 fully saturated rings. The number of carbonyl (C=O) groups is 1. The monoisotopic (exact) mass is 336 g/mol. The second-order valence-corrected chi connectivity index (χ2v) is 5.33. The van der Waals surface area contributed by atoms with Crippen molar-refractivity contribution in [3.63, 3.8) is 0 Å². The summed E-state index contributed by atoms with van der Waals surface area (Å²) in [6.45, 7) is 2.09. The Hall–Kier alpha value is -0.880. The Morgan fingerprint density at radius 1 is 1.57 bits per heavy atom. The summed E-state index contributed by atoms with van der Waals surface area (Å²) >= 11 is 5.97. The molecule has 0 aliphatic carbocycles. The molecule has 1 saturated heterocycles. The first-order chi connectivity index (χ1) is 9.52. The van der Waals surface area contributed by atoms with Crippen molar-refractivity contribution in [1.82, 2.24) is 5.32 Å². The average molecular weight is 337 g/mol. The Labute approximate surface area is 134 Å². The molecule has 1 heterocycles. The van der Waals surface area contributed by atoms with E-state index >= 15 is 0 Å². The number of nitrogens with one attached hydrogen (secondary N) is 1. The lowest BCUT2D eigenvalue weighted by molar-refractivity contribution is -0.132. The standard InChI is InChI=1S/C14H18ClFN2O2.ClH/c1-8(13-10(15)3-2-4-11(13)16)18-14(19)12-6-5-9(7-17)20-12;/h2-4,8-9,12H,5-7,17H2,1H3,(H,18,19);1H/t8?,9-,12+;/m1./s1. The van der Waals surface area contributed by atoms with Gasteiger partial charge in [0.05, 0.1) is 12.1 Å². The highest BCUT2D eigenvalue weighted by molar-refractivity contribution is 6.31. The van der Waals surface area contributed by atoms with E-state index in [-0.39, 0.29) is 30.0 Å². The third kappa shape index (κ3) is 4.30. The van der Waals surface area contributed by atoms with Gasteiger partial charge in [0.15, 0.2) is 0 Å². The number of hydrogen-bond donors (Lipinski definition) is 2. The van der Waals surface area contributed by atoms with Crippen LogP contribution in [0.1, 0.15) is 31.4 Å². The molecule has 1 aliphatic heterocycles. The number of halogens is 3. The minimum absolute atomic E-state index is 0. The molecule has 118 valence electrons. The van der Waals surface area contributed by atoms with Crippen LogP contribution in [0.5, 0.6) is 0 Å². The summed E-state index contributed by atoms with van der Waals surface area (Å²) in [6, 6.07) is 3.93. The van der Waals surface area contributed by atoms with Gasteiger partial charge in [-0.2, -0.15) is 0 Å². The van der Waals surface area contributed by atoms with Gasteiger partial charge in [0, 0.05) is 17.1 Å². The number of benzene rings is 1. The largest absolute Gasteiger partial charge is 0.364 e. The minimum Gasteiger partial charge on any atom is -0.364 e. The second kappa shape index (κ2) is 7.94. The Bertz CT molecular complexity index is 482. The van der Waals surface area contributed by atoms with Crippen LogP contribution in [0.2, 0.25) is 5.02 Å². The smallest absolute Gasteiger partial charge is 0.249 e. The first-order valence-corrected chi connectivity index (χ1v) is 7.00. The molecule has 0 aromatic heterocycles. The highest BCUT2D eigenvalue weighted by Crippen LogP contribution is 2.26. The topological polar surface area (TPSA) is 64.4 Å². The Kier molecular flexibility index (Phi) is 6.87. The van der Waals surface area contributed by atoms with Crippen LogP contribution in [-0.4, -0.2) is 24.7 Å². The minimum atomic E-state index is -0.517. The van der Waals surface area contributed by atoms with Gasteiger partial charge in [-0.1, -0.05) is 17.7 Å². The molecule has 0 bridgehead atoms. The molecule has 0 saturated carbocycles. The molecule has 3 atom stereocenters. The molecule has 3 N–H and O–H groups in total. The molecular weight excluding hydrogens is 318 g/mol. The number of ether oxygens (including phenoxy) is 1. The summed E-state index contributed by atoms with van der Waals surface area (Å²) in [5.74, 6) is -0.690. The summed E-state index contributed by atoms with van der Waals surface area (Å²) < 4.78 is 19.3. The van der Waals surface area contributed by atoms with Crippen LogP contribution < -0.4 is 11.1 Å². The highest BCUT2D eigenvalue weighted by Gasteiger charge is 2.31. The number of rotatable bonds is 4. The average Bonchev–Trinajstić information content (AvgIpc) is 2.87. The number of nitrogens with two attached hydrogens (primary N) is 1. The van der Waals surface area contributed by atoms with E-state index < -0.39 is 18.0 Å². The van der Waals surface area contributed by atoms with Gasteiger partial charge < -0.3 is 15.8 Å². The summed E-state index contributed by atoms with van der Waals surface area (Å²) in [4.78, 5) is 12.1. The van der Waals surface area contributed by atoms with Crippen molar-refractivity contribution in [3.8, 4) is 0 Å². The first kappa shape index (κ1) is 18.2. The molecule has 0 spiro atoms. The summed E-state index contributed by atoms with van der Waals surface area (Å²) in [5, 5.41) is 3.03. The van der Waals surface area contributed by atoms with Crippen LogP contribution in [-0.2, 0) is 9.53 Å². The lowest BCUT2D eigenvalue weighted by Gasteiger charge is -2.19. The molecule has 1 aromatic rings. The van der Waals surface area contributed by atoms with E-state index in [9.17, 15) is 9.18 Å². The molecule has 0 radical (unpaired) electrons. The van der Waals surface area contributed by atoms with Crippen LogP contribution in [0.15, 0.2) is 18.2 Å². The van der Waals surface area contributed by atoms with E-state index in [1.807, 2.05) is 0 Å². The van der Waals surface area contributed by atoms with Crippen molar-refractivity contribution in [2.45, 2.75) is 38.0 Å².